The van der Waals surface area contributed by atoms with Gasteiger partial charge in [0.1, 0.15) is 12.7 Å². The normalized spacial score (nSPS) is 14.0. The molecule has 0 saturated carbocycles. The van der Waals surface area contributed by atoms with Gasteiger partial charge in [-0.2, -0.15) is 5.10 Å². The van der Waals surface area contributed by atoms with Crippen LogP contribution in [0.3, 0.4) is 0 Å². The summed E-state index contributed by atoms with van der Waals surface area (Å²) in [7, 11) is -3.64. The first-order valence-electron chi connectivity index (χ1n) is 8.67. The molecular formula is C19H20N4O2S. The molecule has 1 aliphatic carbocycles. The average Bonchev–Trinajstić information content (AvgIpc) is 3.16. The lowest BCUT2D eigenvalue weighted by atomic mass is 9.92. The largest absolute Gasteiger partial charge is 0.279 e. The first-order valence-corrected chi connectivity index (χ1v) is 10.1. The molecule has 3 aromatic rings. The maximum atomic E-state index is 12.9. The summed E-state index contributed by atoms with van der Waals surface area (Å²) in [6, 6.07) is 12.8. The molecule has 134 valence electrons. The summed E-state index contributed by atoms with van der Waals surface area (Å²) in [5.74, 6) is 0. The first-order chi connectivity index (χ1) is 12.6. The molecule has 0 fully saturated rings. The van der Waals surface area contributed by atoms with Gasteiger partial charge in [0.05, 0.1) is 17.1 Å². The lowest BCUT2D eigenvalue weighted by molar-refractivity contribution is 0.600. The van der Waals surface area contributed by atoms with Crippen LogP contribution in [0.15, 0.2) is 60.0 Å². The molecular weight excluding hydrogens is 348 g/mol. The number of fused-ring (bicyclic) bond motifs is 1. The Bertz CT molecular complexity index is 1010. The third-order valence-corrected chi connectivity index (χ3v) is 6.05. The summed E-state index contributed by atoms with van der Waals surface area (Å²) < 4.78 is 30.2. The standard InChI is InChI=1S/C19H20N4O2S/c24-26(25,18-10-9-15-5-1-2-6-16(15)11-18)22-19-8-4-3-7-17(19)12-23-14-20-13-21-23/h3-4,7-11,13-14,22H,1-2,5-6,12H2. The number of anilines is 1. The van der Waals surface area contributed by atoms with Crippen LogP contribution in [0, 0.1) is 0 Å². The Labute approximate surface area is 153 Å². The highest BCUT2D eigenvalue weighted by Crippen LogP contribution is 2.26. The van der Waals surface area contributed by atoms with Crippen LogP contribution in [0.4, 0.5) is 5.69 Å². The summed E-state index contributed by atoms with van der Waals surface area (Å²) >= 11 is 0. The molecule has 0 amide bonds. The first kappa shape index (κ1) is 16.8. The van der Waals surface area contributed by atoms with Gasteiger partial charge in [-0.25, -0.2) is 18.1 Å². The molecule has 1 aromatic heterocycles. The summed E-state index contributed by atoms with van der Waals surface area (Å²) in [6.45, 7) is 0.447. The van der Waals surface area contributed by atoms with Crippen molar-refractivity contribution in [2.24, 2.45) is 0 Å². The van der Waals surface area contributed by atoms with E-state index < -0.39 is 10.0 Å². The van der Waals surface area contributed by atoms with E-state index in [-0.39, 0.29) is 0 Å². The maximum Gasteiger partial charge on any atom is 0.261 e. The van der Waals surface area contributed by atoms with E-state index in [4.69, 9.17) is 0 Å². The molecule has 2 aromatic carbocycles. The van der Waals surface area contributed by atoms with E-state index >= 15 is 0 Å². The van der Waals surface area contributed by atoms with Gasteiger partial charge >= 0.3 is 0 Å². The number of aromatic nitrogens is 3. The SMILES string of the molecule is O=S(=O)(Nc1ccccc1Cn1cncn1)c1ccc2c(c1)CCCC2. The highest BCUT2D eigenvalue weighted by Gasteiger charge is 2.19. The zero-order chi connectivity index (χ0) is 18.0. The topological polar surface area (TPSA) is 76.9 Å². The Hall–Kier alpha value is -2.67. The van der Waals surface area contributed by atoms with Crippen molar-refractivity contribution in [3.63, 3.8) is 0 Å². The lowest BCUT2D eigenvalue weighted by Crippen LogP contribution is -2.16. The molecule has 1 heterocycles. The summed E-state index contributed by atoms with van der Waals surface area (Å²) in [5, 5.41) is 4.08. The summed E-state index contributed by atoms with van der Waals surface area (Å²) in [5.41, 5.74) is 3.80. The highest BCUT2D eigenvalue weighted by molar-refractivity contribution is 7.92. The molecule has 0 atom stereocenters. The number of rotatable bonds is 5. The number of hydrogen-bond donors (Lipinski definition) is 1. The minimum absolute atomic E-state index is 0.314. The Kier molecular flexibility index (Phi) is 4.46. The summed E-state index contributed by atoms with van der Waals surface area (Å²) in [6.07, 6.45) is 7.33. The van der Waals surface area contributed by atoms with Gasteiger partial charge in [-0.15, -0.1) is 0 Å². The van der Waals surface area contributed by atoms with Crippen molar-refractivity contribution in [2.75, 3.05) is 4.72 Å². The Morgan fingerprint density at radius 2 is 1.85 bits per heavy atom. The fourth-order valence-corrected chi connectivity index (χ4v) is 4.48. The minimum Gasteiger partial charge on any atom is -0.279 e. The Balaban J connectivity index is 1.62. The van der Waals surface area contributed by atoms with Crippen molar-refractivity contribution in [2.45, 2.75) is 37.1 Å². The van der Waals surface area contributed by atoms with Crippen molar-refractivity contribution in [3.8, 4) is 0 Å². The second kappa shape index (κ2) is 6.92. The van der Waals surface area contributed by atoms with Crippen molar-refractivity contribution in [3.05, 3.63) is 71.8 Å². The van der Waals surface area contributed by atoms with E-state index in [0.29, 0.717) is 17.1 Å². The number of nitrogens with one attached hydrogen (secondary N) is 1. The second-order valence-corrected chi connectivity index (χ2v) is 8.18. The third-order valence-electron chi connectivity index (χ3n) is 4.69. The second-order valence-electron chi connectivity index (χ2n) is 6.49. The molecule has 0 spiro atoms. The van der Waals surface area contributed by atoms with Crippen LogP contribution in [-0.4, -0.2) is 23.2 Å². The van der Waals surface area contributed by atoms with Crippen molar-refractivity contribution < 1.29 is 8.42 Å². The van der Waals surface area contributed by atoms with E-state index in [0.717, 1.165) is 30.4 Å². The number of hydrogen-bond acceptors (Lipinski definition) is 4. The van der Waals surface area contributed by atoms with Gasteiger partial charge in [0, 0.05) is 0 Å². The molecule has 0 bridgehead atoms. The monoisotopic (exact) mass is 368 g/mol. The van der Waals surface area contributed by atoms with Crippen LogP contribution in [0.1, 0.15) is 29.5 Å². The van der Waals surface area contributed by atoms with Crippen LogP contribution in [0.5, 0.6) is 0 Å². The molecule has 0 saturated heterocycles. The van der Waals surface area contributed by atoms with Crippen LogP contribution >= 0.6 is 0 Å². The minimum atomic E-state index is -3.64. The van der Waals surface area contributed by atoms with Gasteiger partial charge in [-0.1, -0.05) is 24.3 Å². The zero-order valence-electron chi connectivity index (χ0n) is 14.3. The van der Waals surface area contributed by atoms with Gasteiger partial charge in [0.2, 0.25) is 0 Å². The van der Waals surface area contributed by atoms with Crippen LogP contribution in [-0.2, 0) is 29.4 Å². The van der Waals surface area contributed by atoms with Crippen LogP contribution in [0.2, 0.25) is 0 Å². The molecule has 26 heavy (non-hydrogen) atoms. The van der Waals surface area contributed by atoms with E-state index in [1.165, 1.54) is 18.3 Å². The van der Waals surface area contributed by atoms with Gasteiger partial charge in [0.25, 0.3) is 10.0 Å². The lowest BCUT2D eigenvalue weighted by Gasteiger charge is -2.17. The van der Waals surface area contributed by atoms with Crippen LogP contribution in [0.25, 0.3) is 0 Å². The zero-order valence-corrected chi connectivity index (χ0v) is 15.1. The quantitative estimate of drug-likeness (QED) is 0.751. The summed E-state index contributed by atoms with van der Waals surface area (Å²) in [4.78, 5) is 4.24. The third kappa shape index (κ3) is 3.48. The fourth-order valence-electron chi connectivity index (χ4n) is 3.33. The molecule has 0 aliphatic heterocycles. The van der Waals surface area contributed by atoms with E-state index in [1.54, 1.807) is 23.1 Å². The molecule has 0 radical (unpaired) electrons. The van der Waals surface area contributed by atoms with E-state index in [1.807, 2.05) is 30.3 Å². The average molecular weight is 368 g/mol. The number of nitrogens with zero attached hydrogens (tertiary/aromatic N) is 3. The maximum absolute atomic E-state index is 12.9. The van der Waals surface area contributed by atoms with Gasteiger partial charge in [-0.05, 0) is 60.6 Å². The van der Waals surface area contributed by atoms with Crippen molar-refractivity contribution >= 4 is 15.7 Å². The van der Waals surface area contributed by atoms with E-state index in [2.05, 4.69) is 14.8 Å². The number of aryl methyl sites for hydroxylation is 2. The van der Waals surface area contributed by atoms with Crippen LogP contribution < -0.4 is 4.72 Å². The molecule has 0 unspecified atom stereocenters. The van der Waals surface area contributed by atoms with Crippen molar-refractivity contribution in [1.82, 2.24) is 14.8 Å². The van der Waals surface area contributed by atoms with Gasteiger partial charge < -0.3 is 0 Å². The number of sulfonamides is 1. The fraction of sp³-hybridized carbons (Fsp3) is 0.263. The predicted octanol–water partition coefficient (Wildman–Crippen LogP) is 3.01. The van der Waals surface area contributed by atoms with E-state index in [9.17, 15) is 8.42 Å². The highest BCUT2D eigenvalue weighted by atomic mass is 32.2. The smallest absolute Gasteiger partial charge is 0.261 e. The number of benzene rings is 2. The molecule has 6 nitrogen and oxygen atoms in total. The Morgan fingerprint density at radius 3 is 2.65 bits per heavy atom. The number of para-hydroxylation sites is 1. The van der Waals surface area contributed by atoms with Gasteiger partial charge in [-0.3, -0.25) is 4.72 Å². The molecule has 4 rings (SSSR count). The molecule has 1 N–H and O–H groups in total. The molecule has 1 aliphatic rings. The Morgan fingerprint density at radius 1 is 1.04 bits per heavy atom. The van der Waals surface area contributed by atoms with Gasteiger partial charge in [0.15, 0.2) is 0 Å². The van der Waals surface area contributed by atoms with Crippen molar-refractivity contribution in [1.29, 1.82) is 0 Å². The predicted molar refractivity (Wildman–Crippen MR) is 99.5 cm³/mol. The molecule has 7 heteroatoms.